The van der Waals surface area contributed by atoms with Crippen LogP contribution < -0.4 is 4.90 Å². The molecule has 0 aliphatic carbocycles. The van der Waals surface area contributed by atoms with Crippen LogP contribution in [0.1, 0.15) is 31.9 Å². The van der Waals surface area contributed by atoms with Crippen LogP contribution in [0.3, 0.4) is 0 Å². The number of benzene rings is 1. The van der Waals surface area contributed by atoms with E-state index in [-0.39, 0.29) is 5.82 Å². The maximum atomic E-state index is 13.3. The van der Waals surface area contributed by atoms with Crippen molar-refractivity contribution in [1.29, 1.82) is 0 Å². The molecule has 0 saturated carbocycles. The van der Waals surface area contributed by atoms with E-state index in [1.54, 1.807) is 24.8 Å². The molecule has 0 heterocycles. The molecule has 0 spiro atoms. The van der Waals surface area contributed by atoms with Gasteiger partial charge >= 0.3 is 0 Å². The van der Waals surface area contributed by atoms with Crippen molar-refractivity contribution in [3.05, 3.63) is 29.6 Å². The monoisotopic (exact) mass is 271 g/mol. The van der Waals surface area contributed by atoms with Gasteiger partial charge in [-0.1, -0.05) is 6.92 Å². The maximum absolute atomic E-state index is 13.3. The summed E-state index contributed by atoms with van der Waals surface area (Å²) in [5.74, 6) is 0.713. The highest BCUT2D eigenvalue weighted by atomic mass is 32.2. The first-order valence-corrected chi connectivity index (χ1v) is 7.59. The number of hydrogen-bond donors (Lipinski definition) is 1. The average molecular weight is 271 g/mol. The van der Waals surface area contributed by atoms with Gasteiger partial charge in [0.25, 0.3) is 0 Å². The molecule has 2 atom stereocenters. The summed E-state index contributed by atoms with van der Waals surface area (Å²) in [6.07, 6.45) is 2.44. The molecule has 1 N–H and O–H groups in total. The van der Waals surface area contributed by atoms with Gasteiger partial charge in [0.2, 0.25) is 0 Å². The van der Waals surface area contributed by atoms with E-state index in [2.05, 4.69) is 18.1 Å². The van der Waals surface area contributed by atoms with E-state index in [9.17, 15) is 9.50 Å². The Morgan fingerprint density at radius 3 is 2.61 bits per heavy atom. The summed E-state index contributed by atoms with van der Waals surface area (Å²) < 4.78 is 13.3. The number of thioether (sulfide) groups is 1. The van der Waals surface area contributed by atoms with Gasteiger partial charge in [-0.15, -0.1) is 0 Å². The molecule has 0 aliphatic heterocycles. The van der Waals surface area contributed by atoms with Gasteiger partial charge in [-0.3, -0.25) is 0 Å². The zero-order chi connectivity index (χ0) is 13.7. The summed E-state index contributed by atoms with van der Waals surface area (Å²) in [6.45, 7) is 3.81. The molecule has 0 amide bonds. The maximum Gasteiger partial charge on any atom is 0.123 e. The first-order valence-electron chi connectivity index (χ1n) is 6.20. The Morgan fingerprint density at radius 1 is 1.44 bits per heavy atom. The largest absolute Gasteiger partial charge is 0.389 e. The van der Waals surface area contributed by atoms with Crippen molar-refractivity contribution in [1.82, 2.24) is 0 Å². The average Bonchev–Trinajstić information content (AvgIpc) is 2.35. The van der Waals surface area contributed by atoms with E-state index >= 15 is 0 Å². The van der Waals surface area contributed by atoms with Crippen molar-refractivity contribution in [2.75, 3.05) is 24.0 Å². The summed E-state index contributed by atoms with van der Waals surface area (Å²) in [5.41, 5.74) is 1.56. The predicted molar refractivity (Wildman–Crippen MR) is 77.9 cm³/mol. The summed E-state index contributed by atoms with van der Waals surface area (Å²) in [7, 11) is 2.00. The van der Waals surface area contributed by atoms with Crippen LogP contribution >= 0.6 is 11.8 Å². The smallest absolute Gasteiger partial charge is 0.123 e. The van der Waals surface area contributed by atoms with Gasteiger partial charge in [-0.25, -0.2) is 4.39 Å². The van der Waals surface area contributed by atoms with Crippen molar-refractivity contribution in [3.8, 4) is 0 Å². The minimum atomic E-state index is -0.662. The summed E-state index contributed by atoms with van der Waals surface area (Å²) in [6, 6.07) is 5.01. The highest BCUT2D eigenvalue weighted by Crippen LogP contribution is 2.29. The summed E-state index contributed by atoms with van der Waals surface area (Å²) >= 11 is 1.80. The van der Waals surface area contributed by atoms with Gasteiger partial charge in [-0.05, 0) is 37.8 Å². The second kappa shape index (κ2) is 7.00. The first-order chi connectivity index (χ1) is 8.51. The number of anilines is 1. The van der Waals surface area contributed by atoms with Crippen molar-refractivity contribution < 1.29 is 9.50 Å². The minimum absolute atomic E-state index is 0.305. The van der Waals surface area contributed by atoms with Crippen LogP contribution in [0, 0.1) is 5.82 Å². The number of nitrogens with zero attached hydrogens (tertiary/aromatic N) is 1. The Labute approximate surface area is 113 Å². The second-order valence-electron chi connectivity index (χ2n) is 4.51. The third kappa shape index (κ3) is 3.62. The fraction of sp³-hybridized carbons (Fsp3) is 0.571. The molecule has 0 bridgehead atoms. The molecule has 0 fully saturated rings. The van der Waals surface area contributed by atoms with Crippen LogP contribution in [0.15, 0.2) is 18.2 Å². The molecule has 0 aromatic heterocycles. The van der Waals surface area contributed by atoms with E-state index in [0.717, 1.165) is 17.9 Å². The standard InChI is InChI=1S/C14H22FNOS/c1-5-12(9-18-4)16(3)14-7-6-11(15)8-13(14)10(2)17/h6-8,10,12,17H,5,9H2,1-4H3. The lowest BCUT2D eigenvalue weighted by Gasteiger charge is -2.31. The van der Waals surface area contributed by atoms with Gasteiger partial charge < -0.3 is 10.0 Å². The lowest BCUT2D eigenvalue weighted by molar-refractivity contribution is 0.199. The Hall–Kier alpha value is -0.740. The molecule has 0 aliphatic rings. The minimum Gasteiger partial charge on any atom is -0.389 e. The van der Waals surface area contributed by atoms with Gasteiger partial charge in [0.1, 0.15) is 5.82 Å². The van der Waals surface area contributed by atoms with E-state index in [1.807, 2.05) is 7.05 Å². The molecule has 0 saturated heterocycles. The highest BCUT2D eigenvalue weighted by Gasteiger charge is 2.18. The molecular formula is C14H22FNOS. The number of hydrogen-bond acceptors (Lipinski definition) is 3. The molecular weight excluding hydrogens is 249 g/mol. The molecule has 18 heavy (non-hydrogen) atoms. The third-order valence-electron chi connectivity index (χ3n) is 3.20. The number of aliphatic hydroxyl groups is 1. The molecule has 4 heteroatoms. The SMILES string of the molecule is CCC(CSC)N(C)c1ccc(F)cc1C(C)O. The fourth-order valence-electron chi connectivity index (χ4n) is 2.07. The van der Waals surface area contributed by atoms with Crippen molar-refractivity contribution in [2.45, 2.75) is 32.4 Å². The topological polar surface area (TPSA) is 23.5 Å². The van der Waals surface area contributed by atoms with Gasteiger partial charge in [0.15, 0.2) is 0 Å². The highest BCUT2D eigenvalue weighted by molar-refractivity contribution is 7.98. The zero-order valence-corrected chi connectivity index (χ0v) is 12.3. The third-order valence-corrected chi connectivity index (χ3v) is 3.92. The normalized spacial score (nSPS) is 14.3. The van der Waals surface area contributed by atoms with E-state index in [0.29, 0.717) is 11.6 Å². The van der Waals surface area contributed by atoms with Gasteiger partial charge in [-0.2, -0.15) is 11.8 Å². The molecule has 102 valence electrons. The van der Waals surface area contributed by atoms with Crippen LogP contribution in [0.25, 0.3) is 0 Å². The zero-order valence-electron chi connectivity index (χ0n) is 11.5. The van der Waals surface area contributed by atoms with Crippen LogP contribution in [0.4, 0.5) is 10.1 Å². The number of aliphatic hydroxyl groups excluding tert-OH is 1. The fourth-order valence-corrected chi connectivity index (χ4v) is 2.92. The molecule has 0 radical (unpaired) electrons. The quantitative estimate of drug-likeness (QED) is 0.857. The number of rotatable bonds is 6. The van der Waals surface area contributed by atoms with Gasteiger partial charge in [0, 0.05) is 30.1 Å². The lowest BCUT2D eigenvalue weighted by Crippen LogP contribution is -2.34. The molecule has 1 aromatic rings. The molecule has 2 unspecified atom stereocenters. The molecule has 1 aromatic carbocycles. The van der Waals surface area contributed by atoms with Crippen LogP contribution in [-0.2, 0) is 0 Å². The Bertz CT molecular complexity index is 384. The first kappa shape index (κ1) is 15.3. The number of halogens is 1. The van der Waals surface area contributed by atoms with Gasteiger partial charge in [0.05, 0.1) is 6.10 Å². The van der Waals surface area contributed by atoms with Crippen molar-refractivity contribution >= 4 is 17.4 Å². The molecule has 1 rings (SSSR count). The van der Waals surface area contributed by atoms with Crippen LogP contribution in [0.5, 0.6) is 0 Å². The lowest BCUT2D eigenvalue weighted by atomic mass is 10.1. The summed E-state index contributed by atoms with van der Waals surface area (Å²) in [4.78, 5) is 2.14. The van der Waals surface area contributed by atoms with Crippen LogP contribution in [0.2, 0.25) is 0 Å². The second-order valence-corrected chi connectivity index (χ2v) is 5.42. The van der Waals surface area contributed by atoms with Crippen molar-refractivity contribution in [2.24, 2.45) is 0 Å². The van der Waals surface area contributed by atoms with E-state index < -0.39 is 6.10 Å². The van der Waals surface area contributed by atoms with E-state index in [4.69, 9.17) is 0 Å². The Morgan fingerprint density at radius 2 is 2.11 bits per heavy atom. The van der Waals surface area contributed by atoms with Crippen molar-refractivity contribution in [3.63, 3.8) is 0 Å². The van der Waals surface area contributed by atoms with Crippen LogP contribution in [-0.4, -0.2) is 30.2 Å². The predicted octanol–water partition coefficient (Wildman–Crippen LogP) is 3.46. The Balaban J connectivity index is 3.07. The Kier molecular flexibility index (Phi) is 5.96. The molecule has 2 nitrogen and oxygen atoms in total. The van der Waals surface area contributed by atoms with E-state index in [1.165, 1.54) is 12.1 Å². The summed E-state index contributed by atoms with van der Waals surface area (Å²) in [5, 5.41) is 9.76.